The Kier molecular flexibility index (Phi) is 6.29. The second kappa shape index (κ2) is 8.05. The van der Waals surface area contributed by atoms with Crippen LogP contribution in [0.3, 0.4) is 0 Å². The second-order valence-electron chi connectivity index (χ2n) is 6.31. The van der Waals surface area contributed by atoms with Crippen LogP contribution in [0.1, 0.15) is 13.3 Å². The number of likely N-dealkylation sites (N-methyl/N-ethyl adjacent to an activating group) is 1. The highest BCUT2D eigenvalue weighted by atomic mass is 32.2. The van der Waals surface area contributed by atoms with Gasteiger partial charge in [-0.05, 0) is 37.7 Å². The summed E-state index contributed by atoms with van der Waals surface area (Å²) in [7, 11) is -0.0449. The fourth-order valence-electron chi connectivity index (χ4n) is 3.01. The number of hydrogen-bond acceptors (Lipinski definition) is 5. The third-order valence-electron chi connectivity index (χ3n) is 4.45. The lowest BCUT2D eigenvalue weighted by atomic mass is 10.1. The van der Waals surface area contributed by atoms with Crippen LogP contribution < -0.4 is 9.04 Å². The van der Waals surface area contributed by atoms with E-state index in [1.54, 1.807) is 36.3 Å². The first kappa shape index (κ1) is 19.5. The van der Waals surface area contributed by atoms with E-state index in [1.807, 2.05) is 14.0 Å². The zero-order valence-corrected chi connectivity index (χ0v) is 16.1. The number of methoxy groups -OCH3 is 1. The molecule has 0 spiro atoms. The first-order valence-corrected chi connectivity index (χ1v) is 10.2. The maximum atomic E-state index is 13.0. The molecular formula is C17H27N3O4S. The molecule has 25 heavy (non-hydrogen) atoms. The van der Waals surface area contributed by atoms with Gasteiger partial charge in [0.1, 0.15) is 11.8 Å². The normalized spacial score (nSPS) is 17.2. The van der Waals surface area contributed by atoms with Crippen molar-refractivity contribution in [3.8, 4) is 5.75 Å². The highest BCUT2D eigenvalue weighted by Crippen LogP contribution is 2.26. The third kappa shape index (κ3) is 4.64. The summed E-state index contributed by atoms with van der Waals surface area (Å²) in [6, 6.07) is 5.98. The Balaban J connectivity index is 2.32. The minimum absolute atomic E-state index is 0.142. The highest BCUT2D eigenvalue weighted by molar-refractivity contribution is 7.92. The van der Waals surface area contributed by atoms with Gasteiger partial charge in [0.05, 0.1) is 19.1 Å². The van der Waals surface area contributed by atoms with E-state index in [4.69, 9.17) is 4.74 Å². The lowest BCUT2D eigenvalue weighted by molar-refractivity contribution is -0.134. The summed E-state index contributed by atoms with van der Waals surface area (Å²) in [5.74, 6) is 0.493. The summed E-state index contributed by atoms with van der Waals surface area (Å²) in [6.45, 7) is 4.66. The Morgan fingerprint density at radius 1 is 1.20 bits per heavy atom. The van der Waals surface area contributed by atoms with Gasteiger partial charge in [0, 0.05) is 26.2 Å². The molecule has 0 saturated carbocycles. The molecule has 1 fully saturated rings. The van der Waals surface area contributed by atoms with Gasteiger partial charge in [-0.2, -0.15) is 0 Å². The van der Waals surface area contributed by atoms with Gasteiger partial charge in [0.15, 0.2) is 0 Å². The largest absolute Gasteiger partial charge is 0.497 e. The van der Waals surface area contributed by atoms with E-state index in [0.717, 1.165) is 19.3 Å². The van der Waals surface area contributed by atoms with Crippen LogP contribution in [-0.4, -0.2) is 76.8 Å². The van der Waals surface area contributed by atoms with Gasteiger partial charge in [-0.3, -0.25) is 9.10 Å². The average molecular weight is 369 g/mol. The number of carbonyl (C=O) groups excluding carboxylic acids is 1. The van der Waals surface area contributed by atoms with Crippen LogP contribution in [0.2, 0.25) is 0 Å². The maximum Gasteiger partial charge on any atom is 0.246 e. The van der Waals surface area contributed by atoms with E-state index in [9.17, 15) is 13.2 Å². The number of benzene rings is 1. The molecule has 1 atom stereocenters. The molecule has 0 unspecified atom stereocenters. The molecule has 0 aromatic heterocycles. The first-order valence-electron chi connectivity index (χ1n) is 8.38. The first-order chi connectivity index (χ1) is 11.8. The van der Waals surface area contributed by atoms with Crippen molar-refractivity contribution in [2.45, 2.75) is 19.4 Å². The van der Waals surface area contributed by atoms with Crippen LogP contribution in [0, 0.1) is 0 Å². The maximum absolute atomic E-state index is 13.0. The number of ether oxygens (including phenoxy) is 1. The summed E-state index contributed by atoms with van der Waals surface area (Å²) < 4.78 is 31.2. The van der Waals surface area contributed by atoms with Gasteiger partial charge < -0.3 is 14.5 Å². The number of anilines is 1. The molecule has 0 bridgehead atoms. The molecule has 0 N–H and O–H groups in total. The number of piperazine rings is 1. The van der Waals surface area contributed by atoms with Crippen LogP contribution in [0.4, 0.5) is 5.69 Å². The zero-order chi connectivity index (χ0) is 18.6. The van der Waals surface area contributed by atoms with Gasteiger partial charge in [0.25, 0.3) is 0 Å². The minimum Gasteiger partial charge on any atom is -0.497 e. The summed E-state index contributed by atoms with van der Waals surface area (Å²) in [4.78, 5) is 16.9. The molecule has 1 amide bonds. The average Bonchev–Trinajstić information content (AvgIpc) is 2.58. The molecular weight excluding hydrogens is 342 g/mol. The van der Waals surface area contributed by atoms with E-state index < -0.39 is 16.1 Å². The Morgan fingerprint density at radius 3 is 2.20 bits per heavy atom. The summed E-state index contributed by atoms with van der Waals surface area (Å²) in [6.07, 6.45) is 1.54. The van der Waals surface area contributed by atoms with Crippen molar-refractivity contribution in [1.29, 1.82) is 0 Å². The fourth-order valence-corrected chi connectivity index (χ4v) is 4.22. The van der Waals surface area contributed by atoms with E-state index in [-0.39, 0.29) is 5.91 Å². The minimum atomic E-state index is -3.61. The Bertz CT molecular complexity index is 682. The zero-order valence-electron chi connectivity index (χ0n) is 15.3. The van der Waals surface area contributed by atoms with E-state index in [0.29, 0.717) is 30.9 Å². The number of rotatable bonds is 6. The third-order valence-corrected chi connectivity index (χ3v) is 5.63. The van der Waals surface area contributed by atoms with Crippen molar-refractivity contribution < 1.29 is 17.9 Å². The second-order valence-corrected chi connectivity index (χ2v) is 8.17. The highest BCUT2D eigenvalue weighted by Gasteiger charge is 2.35. The standard InChI is InChI=1S/C17H27N3O4S/c1-5-16(17(21)19-12-10-18(2)11-13-19)20(25(4,22)23)14-6-8-15(24-3)9-7-14/h6-9,16H,5,10-13H2,1-4H3/t16-/m1/s1. The Labute approximate surface area is 150 Å². The topological polar surface area (TPSA) is 70.2 Å². The number of hydrogen-bond donors (Lipinski definition) is 0. The summed E-state index contributed by atoms with van der Waals surface area (Å²) in [5.41, 5.74) is 0.470. The molecule has 8 heteroatoms. The summed E-state index contributed by atoms with van der Waals surface area (Å²) in [5, 5.41) is 0. The molecule has 1 aromatic rings. The quantitative estimate of drug-likeness (QED) is 0.749. The molecule has 140 valence electrons. The lowest BCUT2D eigenvalue weighted by Crippen LogP contribution is -2.55. The molecule has 0 aliphatic carbocycles. The van der Waals surface area contributed by atoms with Crippen molar-refractivity contribution in [1.82, 2.24) is 9.80 Å². The predicted octanol–water partition coefficient (Wildman–Crippen LogP) is 1.01. The molecule has 1 saturated heterocycles. The van der Waals surface area contributed by atoms with E-state index >= 15 is 0 Å². The molecule has 2 rings (SSSR count). The number of sulfonamides is 1. The number of amides is 1. The van der Waals surface area contributed by atoms with Crippen LogP contribution in [0.25, 0.3) is 0 Å². The number of carbonyl (C=O) groups is 1. The van der Waals surface area contributed by atoms with Crippen LogP contribution >= 0.6 is 0 Å². The summed E-state index contributed by atoms with van der Waals surface area (Å²) >= 11 is 0. The Hall–Kier alpha value is -1.80. The van der Waals surface area contributed by atoms with Crippen molar-refractivity contribution in [3.63, 3.8) is 0 Å². The van der Waals surface area contributed by atoms with E-state index in [1.165, 1.54) is 4.31 Å². The van der Waals surface area contributed by atoms with Crippen molar-refractivity contribution in [3.05, 3.63) is 24.3 Å². The smallest absolute Gasteiger partial charge is 0.246 e. The lowest BCUT2D eigenvalue weighted by Gasteiger charge is -2.37. The van der Waals surface area contributed by atoms with Gasteiger partial charge in [0.2, 0.25) is 15.9 Å². The molecule has 1 aromatic carbocycles. The van der Waals surface area contributed by atoms with Gasteiger partial charge in [-0.1, -0.05) is 6.92 Å². The molecule has 1 aliphatic rings. The van der Waals surface area contributed by atoms with Crippen LogP contribution in [0.15, 0.2) is 24.3 Å². The molecule has 1 aliphatic heterocycles. The van der Waals surface area contributed by atoms with Gasteiger partial charge in [-0.25, -0.2) is 8.42 Å². The SMILES string of the molecule is CC[C@H](C(=O)N1CCN(C)CC1)N(c1ccc(OC)cc1)S(C)(=O)=O. The fraction of sp³-hybridized carbons (Fsp3) is 0.588. The number of nitrogens with zero attached hydrogens (tertiary/aromatic N) is 3. The van der Waals surface area contributed by atoms with Gasteiger partial charge in [-0.15, -0.1) is 0 Å². The molecule has 0 radical (unpaired) electrons. The van der Waals surface area contributed by atoms with Crippen LogP contribution in [-0.2, 0) is 14.8 Å². The van der Waals surface area contributed by atoms with Gasteiger partial charge >= 0.3 is 0 Å². The molecule has 1 heterocycles. The van der Waals surface area contributed by atoms with Crippen molar-refractivity contribution in [2.75, 3.05) is 50.9 Å². The predicted molar refractivity (Wildman–Crippen MR) is 98.5 cm³/mol. The van der Waals surface area contributed by atoms with Crippen molar-refractivity contribution in [2.24, 2.45) is 0 Å². The molecule has 7 nitrogen and oxygen atoms in total. The van der Waals surface area contributed by atoms with E-state index in [2.05, 4.69) is 4.90 Å². The monoisotopic (exact) mass is 369 g/mol. The Morgan fingerprint density at radius 2 is 1.76 bits per heavy atom. The van der Waals surface area contributed by atoms with Crippen LogP contribution in [0.5, 0.6) is 5.75 Å². The van der Waals surface area contributed by atoms with Crippen molar-refractivity contribution >= 4 is 21.6 Å².